The molecule has 4 heteroatoms. The van der Waals surface area contributed by atoms with E-state index < -0.39 is 0 Å². The molecule has 0 spiro atoms. The van der Waals surface area contributed by atoms with Crippen LogP contribution in [0.15, 0.2) is 24.3 Å². The van der Waals surface area contributed by atoms with Gasteiger partial charge < -0.3 is 10.2 Å². The Morgan fingerprint density at radius 1 is 1.21 bits per heavy atom. The summed E-state index contributed by atoms with van der Waals surface area (Å²) < 4.78 is 0. The smallest absolute Gasteiger partial charge is 0.317 e. The molecule has 0 atom stereocenters. The van der Waals surface area contributed by atoms with Gasteiger partial charge in [-0.05, 0) is 43.4 Å². The number of hydrogen-bond acceptors (Lipinski definition) is 1. The van der Waals surface area contributed by atoms with Crippen LogP contribution < -0.4 is 5.32 Å². The highest BCUT2D eigenvalue weighted by Gasteiger charge is 2.44. The first kappa shape index (κ1) is 12.8. The summed E-state index contributed by atoms with van der Waals surface area (Å²) >= 11 is 5.92. The predicted octanol–water partition coefficient (Wildman–Crippen LogP) is 3.18. The quantitative estimate of drug-likeness (QED) is 0.905. The summed E-state index contributed by atoms with van der Waals surface area (Å²) in [6.07, 6.45) is 4.56. The topological polar surface area (TPSA) is 32.3 Å². The molecule has 1 N–H and O–H groups in total. The molecule has 1 saturated heterocycles. The summed E-state index contributed by atoms with van der Waals surface area (Å²) in [7, 11) is 0. The third-order valence-corrected chi connectivity index (χ3v) is 4.53. The largest absolute Gasteiger partial charge is 0.337 e. The molecule has 3 rings (SSSR count). The second kappa shape index (κ2) is 5.04. The Labute approximate surface area is 118 Å². The van der Waals surface area contributed by atoms with Gasteiger partial charge in [0.2, 0.25) is 0 Å². The van der Waals surface area contributed by atoms with Crippen molar-refractivity contribution in [2.75, 3.05) is 19.6 Å². The molecule has 1 heterocycles. The number of halogens is 1. The molecule has 2 amide bonds. The van der Waals surface area contributed by atoms with Gasteiger partial charge in [-0.2, -0.15) is 0 Å². The van der Waals surface area contributed by atoms with Crippen LogP contribution in [0.5, 0.6) is 0 Å². The van der Waals surface area contributed by atoms with Crippen LogP contribution in [0.3, 0.4) is 0 Å². The summed E-state index contributed by atoms with van der Waals surface area (Å²) in [6.45, 7) is 2.55. The van der Waals surface area contributed by atoms with Crippen LogP contribution in [0.4, 0.5) is 4.79 Å². The molecular weight excluding hydrogens is 260 g/mol. The third-order valence-electron chi connectivity index (χ3n) is 4.28. The van der Waals surface area contributed by atoms with E-state index in [-0.39, 0.29) is 11.4 Å². The highest BCUT2D eigenvalue weighted by molar-refractivity contribution is 6.30. The molecule has 2 aliphatic rings. The van der Waals surface area contributed by atoms with Crippen LogP contribution in [-0.4, -0.2) is 30.6 Å². The minimum Gasteiger partial charge on any atom is -0.337 e. The van der Waals surface area contributed by atoms with Gasteiger partial charge in [0.25, 0.3) is 0 Å². The first-order valence-corrected chi connectivity index (χ1v) is 7.36. The van der Waals surface area contributed by atoms with Crippen LogP contribution in [0.1, 0.15) is 31.2 Å². The Kier molecular flexibility index (Phi) is 3.40. The fourth-order valence-electron chi connectivity index (χ4n) is 2.80. The number of urea groups is 1. The van der Waals surface area contributed by atoms with Gasteiger partial charge in [0.1, 0.15) is 0 Å². The Bertz CT molecular complexity index is 462. The lowest BCUT2D eigenvalue weighted by Crippen LogP contribution is -2.41. The van der Waals surface area contributed by atoms with Crippen molar-refractivity contribution < 1.29 is 4.79 Å². The van der Waals surface area contributed by atoms with Crippen molar-refractivity contribution in [3.8, 4) is 0 Å². The van der Waals surface area contributed by atoms with E-state index in [1.165, 1.54) is 5.56 Å². The third kappa shape index (κ3) is 2.71. The fraction of sp³-hybridized carbons (Fsp3) is 0.533. The van der Waals surface area contributed by atoms with Crippen molar-refractivity contribution in [2.45, 2.75) is 31.1 Å². The van der Waals surface area contributed by atoms with Crippen LogP contribution >= 0.6 is 11.6 Å². The summed E-state index contributed by atoms with van der Waals surface area (Å²) in [5.74, 6) is 0. The Balaban J connectivity index is 1.59. The maximum atomic E-state index is 12.0. The SMILES string of the molecule is O=C(NCC1(c2ccc(Cl)cc2)CC1)N1CCCC1. The van der Waals surface area contributed by atoms with Gasteiger partial charge in [-0.3, -0.25) is 0 Å². The normalized spacial score (nSPS) is 20.4. The Morgan fingerprint density at radius 3 is 2.42 bits per heavy atom. The lowest BCUT2D eigenvalue weighted by Gasteiger charge is -2.20. The van der Waals surface area contributed by atoms with Gasteiger partial charge >= 0.3 is 6.03 Å². The van der Waals surface area contributed by atoms with Crippen molar-refractivity contribution in [1.29, 1.82) is 0 Å². The van der Waals surface area contributed by atoms with Crippen molar-refractivity contribution in [3.63, 3.8) is 0 Å². The van der Waals surface area contributed by atoms with Gasteiger partial charge in [0.05, 0.1) is 0 Å². The van der Waals surface area contributed by atoms with E-state index in [1.54, 1.807) is 0 Å². The van der Waals surface area contributed by atoms with Crippen molar-refractivity contribution in [1.82, 2.24) is 10.2 Å². The molecule has 1 aromatic carbocycles. The molecule has 0 bridgehead atoms. The minimum absolute atomic E-state index is 0.0951. The van der Waals surface area contributed by atoms with Gasteiger partial charge in [-0.1, -0.05) is 23.7 Å². The van der Waals surface area contributed by atoms with Crippen molar-refractivity contribution >= 4 is 17.6 Å². The lowest BCUT2D eigenvalue weighted by molar-refractivity contribution is 0.207. The number of hydrogen-bond donors (Lipinski definition) is 1. The summed E-state index contributed by atoms with van der Waals surface area (Å²) in [5.41, 5.74) is 1.44. The number of carbonyl (C=O) groups is 1. The average Bonchev–Trinajstić information content (AvgIpc) is 3.01. The zero-order valence-electron chi connectivity index (χ0n) is 11.0. The second-order valence-corrected chi connectivity index (χ2v) is 6.08. The zero-order chi connectivity index (χ0) is 13.3. The number of likely N-dealkylation sites (tertiary alicyclic amines) is 1. The van der Waals surface area contributed by atoms with Crippen LogP contribution in [0.2, 0.25) is 5.02 Å². The fourth-order valence-corrected chi connectivity index (χ4v) is 2.92. The summed E-state index contributed by atoms with van der Waals surface area (Å²) in [4.78, 5) is 13.9. The number of rotatable bonds is 3. The highest BCUT2D eigenvalue weighted by atomic mass is 35.5. The maximum Gasteiger partial charge on any atom is 0.317 e. The second-order valence-electron chi connectivity index (χ2n) is 5.64. The molecule has 19 heavy (non-hydrogen) atoms. The first-order chi connectivity index (χ1) is 9.20. The monoisotopic (exact) mass is 278 g/mol. The van der Waals surface area contributed by atoms with Crippen molar-refractivity contribution in [3.05, 3.63) is 34.9 Å². The van der Waals surface area contributed by atoms with E-state index in [2.05, 4.69) is 17.4 Å². The summed E-state index contributed by atoms with van der Waals surface area (Å²) in [6, 6.07) is 8.12. The Hall–Kier alpha value is -1.22. The van der Waals surface area contributed by atoms with E-state index in [0.29, 0.717) is 0 Å². The molecule has 1 aliphatic carbocycles. The number of benzene rings is 1. The molecule has 0 aromatic heterocycles. The van der Waals surface area contributed by atoms with Crippen LogP contribution in [0, 0.1) is 0 Å². The first-order valence-electron chi connectivity index (χ1n) is 6.98. The molecular formula is C15H19ClN2O. The van der Waals surface area contributed by atoms with E-state index in [0.717, 1.165) is 50.3 Å². The van der Waals surface area contributed by atoms with Crippen LogP contribution in [0.25, 0.3) is 0 Å². The molecule has 2 fully saturated rings. The maximum absolute atomic E-state index is 12.0. The highest BCUT2D eigenvalue weighted by Crippen LogP contribution is 2.47. The molecule has 1 aromatic rings. The average molecular weight is 279 g/mol. The zero-order valence-corrected chi connectivity index (χ0v) is 11.7. The molecule has 1 saturated carbocycles. The van der Waals surface area contributed by atoms with E-state index in [9.17, 15) is 4.79 Å². The van der Waals surface area contributed by atoms with Crippen molar-refractivity contribution in [2.24, 2.45) is 0 Å². The Morgan fingerprint density at radius 2 is 1.84 bits per heavy atom. The predicted molar refractivity (Wildman–Crippen MR) is 76.6 cm³/mol. The molecule has 1 aliphatic heterocycles. The van der Waals surface area contributed by atoms with E-state index in [1.807, 2.05) is 17.0 Å². The van der Waals surface area contributed by atoms with Crippen LogP contribution in [-0.2, 0) is 5.41 Å². The van der Waals surface area contributed by atoms with E-state index in [4.69, 9.17) is 11.6 Å². The standard InChI is InChI=1S/C15H19ClN2O/c16-13-5-3-12(4-6-13)15(7-8-15)11-17-14(19)18-9-1-2-10-18/h3-6H,1-2,7-11H2,(H,17,19). The number of carbonyl (C=O) groups excluding carboxylic acids is 1. The lowest BCUT2D eigenvalue weighted by atomic mass is 9.96. The molecule has 0 unspecified atom stereocenters. The number of nitrogens with zero attached hydrogens (tertiary/aromatic N) is 1. The molecule has 3 nitrogen and oxygen atoms in total. The number of amides is 2. The van der Waals surface area contributed by atoms with Gasteiger partial charge in [-0.15, -0.1) is 0 Å². The van der Waals surface area contributed by atoms with Gasteiger partial charge in [-0.25, -0.2) is 4.79 Å². The molecule has 102 valence electrons. The summed E-state index contributed by atoms with van der Waals surface area (Å²) in [5, 5.41) is 3.86. The number of nitrogens with one attached hydrogen (secondary N) is 1. The minimum atomic E-state index is 0.0951. The van der Waals surface area contributed by atoms with Gasteiger partial charge in [0.15, 0.2) is 0 Å². The van der Waals surface area contributed by atoms with Gasteiger partial charge in [0, 0.05) is 30.1 Å². The molecule has 0 radical (unpaired) electrons. The van der Waals surface area contributed by atoms with E-state index >= 15 is 0 Å².